The fourth-order valence-electron chi connectivity index (χ4n) is 3.05. The van der Waals surface area contributed by atoms with Crippen LogP contribution in [0, 0.1) is 11.8 Å². The van der Waals surface area contributed by atoms with Crippen molar-refractivity contribution < 1.29 is 0 Å². The largest absolute Gasteiger partial charge is 0.316 e. The number of nitrogens with one attached hydrogen (secondary N) is 1. The van der Waals surface area contributed by atoms with Crippen LogP contribution in [-0.2, 0) is 0 Å². The van der Waals surface area contributed by atoms with Gasteiger partial charge in [0, 0.05) is 0 Å². The van der Waals surface area contributed by atoms with E-state index in [0.29, 0.717) is 5.92 Å². The lowest BCUT2D eigenvalue weighted by Gasteiger charge is -2.36. The molecule has 0 saturated carbocycles. The Labute approximate surface area is 99.3 Å². The van der Waals surface area contributed by atoms with Gasteiger partial charge in [0.2, 0.25) is 0 Å². The molecule has 1 heteroatoms. The maximum atomic E-state index is 3.52. The van der Waals surface area contributed by atoms with E-state index >= 15 is 0 Å². The minimum absolute atomic E-state index is 0.702. The predicted octanol–water partition coefficient (Wildman–Crippen LogP) is 3.43. The molecule has 0 bridgehead atoms. The van der Waals surface area contributed by atoms with E-state index in [1.54, 1.807) is 0 Å². The topological polar surface area (TPSA) is 12.0 Å². The zero-order valence-corrected chi connectivity index (χ0v) is 10.4. The van der Waals surface area contributed by atoms with E-state index < -0.39 is 0 Å². The van der Waals surface area contributed by atoms with Crippen molar-refractivity contribution in [2.75, 3.05) is 13.1 Å². The van der Waals surface area contributed by atoms with Crippen LogP contribution in [0.25, 0.3) is 0 Å². The van der Waals surface area contributed by atoms with Gasteiger partial charge in [-0.1, -0.05) is 50.6 Å². The first-order chi connectivity index (χ1) is 7.83. The van der Waals surface area contributed by atoms with Gasteiger partial charge in [-0.3, -0.25) is 0 Å². The zero-order chi connectivity index (χ0) is 11.4. The van der Waals surface area contributed by atoms with Crippen LogP contribution in [0.5, 0.6) is 0 Å². The van der Waals surface area contributed by atoms with Crippen molar-refractivity contribution in [3.05, 3.63) is 35.9 Å². The summed E-state index contributed by atoms with van der Waals surface area (Å²) >= 11 is 0. The maximum Gasteiger partial charge on any atom is -0.00177 e. The normalized spacial score (nSPS) is 27.6. The van der Waals surface area contributed by atoms with Gasteiger partial charge in [0.15, 0.2) is 0 Å². The quantitative estimate of drug-likeness (QED) is 0.818. The van der Waals surface area contributed by atoms with Crippen molar-refractivity contribution in [2.45, 2.75) is 32.6 Å². The molecule has 0 amide bonds. The Kier molecular flexibility index (Phi) is 4.00. The van der Waals surface area contributed by atoms with Gasteiger partial charge in [0.1, 0.15) is 0 Å². The molecule has 0 aliphatic carbocycles. The number of hydrogen-bond donors (Lipinski definition) is 1. The Balaban J connectivity index is 2.10. The van der Waals surface area contributed by atoms with E-state index in [4.69, 9.17) is 0 Å². The van der Waals surface area contributed by atoms with Crippen LogP contribution in [0.1, 0.15) is 38.2 Å². The third-order valence-electron chi connectivity index (χ3n) is 4.16. The number of benzene rings is 1. The van der Waals surface area contributed by atoms with Gasteiger partial charge in [-0.25, -0.2) is 0 Å². The summed E-state index contributed by atoms with van der Waals surface area (Å²) in [6.07, 6.45) is 2.63. The Hall–Kier alpha value is -0.820. The number of hydrogen-bond acceptors (Lipinski definition) is 1. The first kappa shape index (κ1) is 11.7. The fourth-order valence-corrected chi connectivity index (χ4v) is 3.05. The van der Waals surface area contributed by atoms with Crippen LogP contribution in [0.3, 0.4) is 0 Å². The van der Waals surface area contributed by atoms with Gasteiger partial charge in [-0.05, 0) is 42.8 Å². The first-order valence-electron chi connectivity index (χ1n) is 6.58. The maximum absolute atomic E-state index is 3.52. The molecule has 1 aromatic carbocycles. The molecule has 0 radical (unpaired) electrons. The Morgan fingerprint density at radius 2 is 2.06 bits per heavy atom. The van der Waals surface area contributed by atoms with Crippen molar-refractivity contribution in [3.8, 4) is 0 Å². The van der Waals surface area contributed by atoms with Crippen LogP contribution in [-0.4, -0.2) is 13.1 Å². The first-order valence-corrected chi connectivity index (χ1v) is 6.58. The fraction of sp³-hybridized carbons (Fsp3) is 0.600. The minimum atomic E-state index is 0.702. The van der Waals surface area contributed by atoms with Crippen molar-refractivity contribution in [2.24, 2.45) is 11.8 Å². The Morgan fingerprint density at radius 1 is 1.31 bits per heavy atom. The van der Waals surface area contributed by atoms with Crippen molar-refractivity contribution in [1.82, 2.24) is 5.32 Å². The molecule has 3 unspecified atom stereocenters. The third-order valence-corrected chi connectivity index (χ3v) is 4.16. The summed E-state index contributed by atoms with van der Waals surface area (Å²) in [5.74, 6) is 2.41. The van der Waals surface area contributed by atoms with Gasteiger partial charge >= 0.3 is 0 Å². The lowest BCUT2D eigenvalue weighted by molar-refractivity contribution is 0.217. The molecule has 0 aromatic heterocycles. The van der Waals surface area contributed by atoms with E-state index in [0.717, 1.165) is 11.8 Å². The third kappa shape index (κ3) is 2.46. The van der Waals surface area contributed by atoms with Crippen molar-refractivity contribution >= 4 is 0 Å². The standard InChI is InChI=1S/C15H23N/c1-3-13-11-16-10-9-15(13)12(2)14-7-5-4-6-8-14/h4-8,12-13,15-16H,3,9-11H2,1-2H3. The van der Waals surface area contributed by atoms with E-state index in [2.05, 4.69) is 49.5 Å². The highest BCUT2D eigenvalue weighted by atomic mass is 14.9. The van der Waals surface area contributed by atoms with Crippen LogP contribution in [0.15, 0.2) is 30.3 Å². The minimum Gasteiger partial charge on any atom is -0.316 e. The number of rotatable bonds is 3. The average molecular weight is 217 g/mol. The van der Waals surface area contributed by atoms with E-state index in [-0.39, 0.29) is 0 Å². The lowest BCUT2D eigenvalue weighted by atomic mass is 9.74. The molecular weight excluding hydrogens is 194 g/mol. The summed E-state index contributed by atoms with van der Waals surface area (Å²) in [6.45, 7) is 7.12. The van der Waals surface area contributed by atoms with Crippen molar-refractivity contribution in [1.29, 1.82) is 0 Å². The van der Waals surface area contributed by atoms with Crippen LogP contribution >= 0.6 is 0 Å². The molecule has 1 saturated heterocycles. The van der Waals surface area contributed by atoms with Gasteiger partial charge in [-0.2, -0.15) is 0 Å². The van der Waals surface area contributed by atoms with E-state index in [9.17, 15) is 0 Å². The number of piperidine rings is 1. The highest BCUT2D eigenvalue weighted by Crippen LogP contribution is 2.35. The molecule has 1 aromatic rings. The second-order valence-electron chi connectivity index (χ2n) is 5.02. The molecule has 88 valence electrons. The van der Waals surface area contributed by atoms with Gasteiger partial charge in [0.05, 0.1) is 0 Å². The summed E-state index contributed by atoms with van der Waals surface area (Å²) in [5.41, 5.74) is 1.51. The molecule has 3 atom stereocenters. The molecular formula is C15H23N. The van der Waals surface area contributed by atoms with E-state index in [1.165, 1.54) is 31.5 Å². The van der Waals surface area contributed by atoms with Gasteiger partial charge in [-0.15, -0.1) is 0 Å². The summed E-state index contributed by atoms with van der Waals surface area (Å²) in [6, 6.07) is 11.0. The highest BCUT2D eigenvalue weighted by molar-refractivity contribution is 5.20. The summed E-state index contributed by atoms with van der Waals surface area (Å²) < 4.78 is 0. The molecule has 1 N–H and O–H groups in total. The van der Waals surface area contributed by atoms with Crippen molar-refractivity contribution in [3.63, 3.8) is 0 Å². The summed E-state index contributed by atoms with van der Waals surface area (Å²) in [7, 11) is 0. The van der Waals surface area contributed by atoms with Crippen LogP contribution in [0.4, 0.5) is 0 Å². The molecule has 2 rings (SSSR count). The molecule has 1 aliphatic heterocycles. The highest BCUT2D eigenvalue weighted by Gasteiger charge is 2.28. The van der Waals surface area contributed by atoms with Crippen LogP contribution in [0.2, 0.25) is 0 Å². The van der Waals surface area contributed by atoms with E-state index in [1.807, 2.05) is 0 Å². The van der Waals surface area contributed by atoms with Gasteiger partial charge in [0.25, 0.3) is 0 Å². The summed E-state index contributed by atoms with van der Waals surface area (Å²) in [4.78, 5) is 0. The Morgan fingerprint density at radius 3 is 2.75 bits per heavy atom. The second kappa shape index (κ2) is 5.49. The zero-order valence-electron chi connectivity index (χ0n) is 10.4. The van der Waals surface area contributed by atoms with Crippen LogP contribution < -0.4 is 5.32 Å². The van der Waals surface area contributed by atoms with Gasteiger partial charge < -0.3 is 5.32 Å². The molecule has 1 heterocycles. The monoisotopic (exact) mass is 217 g/mol. The second-order valence-corrected chi connectivity index (χ2v) is 5.02. The molecule has 0 spiro atoms. The molecule has 1 aliphatic rings. The lowest BCUT2D eigenvalue weighted by Crippen LogP contribution is -2.38. The summed E-state index contributed by atoms with van der Waals surface area (Å²) in [5, 5.41) is 3.52. The Bertz CT molecular complexity index is 306. The SMILES string of the molecule is CCC1CNCCC1C(C)c1ccccc1. The molecule has 1 nitrogen and oxygen atoms in total. The molecule has 16 heavy (non-hydrogen) atoms. The average Bonchev–Trinajstić information content (AvgIpc) is 2.39. The molecule has 1 fully saturated rings. The smallest absolute Gasteiger partial charge is 0.00177 e. The predicted molar refractivity (Wildman–Crippen MR) is 69.6 cm³/mol.